The fourth-order valence-corrected chi connectivity index (χ4v) is 3.43. The molecule has 0 aliphatic heterocycles. The molecule has 2 atom stereocenters. The van der Waals surface area contributed by atoms with E-state index in [4.69, 9.17) is 5.14 Å². The molecule has 0 spiro atoms. The molecule has 0 radical (unpaired) electrons. The van der Waals surface area contributed by atoms with Gasteiger partial charge in [0.15, 0.2) is 0 Å². The Balaban J connectivity index is 2.72. The van der Waals surface area contributed by atoms with Gasteiger partial charge in [-0.15, -0.1) is 0 Å². The van der Waals surface area contributed by atoms with Crippen LogP contribution in [0.15, 0.2) is 0 Å². The first kappa shape index (κ1) is 9.99. The number of hydrogen-bond acceptors (Lipinski definition) is 2. The fourth-order valence-electron chi connectivity index (χ4n) is 2.07. The summed E-state index contributed by atoms with van der Waals surface area (Å²) in [4.78, 5) is 0. The quantitative estimate of drug-likeness (QED) is 0.714. The molecule has 0 bridgehead atoms. The van der Waals surface area contributed by atoms with Crippen LogP contribution in [-0.2, 0) is 10.0 Å². The van der Waals surface area contributed by atoms with Crippen LogP contribution < -0.4 is 5.14 Å². The predicted molar refractivity (Wildman–Crippen MR) is 49.1 cm³/mol. The highest BCUT2D eigenvalue weighted by Gasteiger charge is 2.31. The molecule has 0 amide bonds. The smallest absolute Gasteiger partial charge is 0.212 e. The van der Waals surface area contributed by atoms with E-state index in [0.29, 0.717) is 5.92 Å². The molecule has 0 aromatic carbocycles. The minimum Gasteiger partial charge on any atom is -0.228 e. The summed E-state index contributed by atoms with van der Waals surface area (Å²) in [6.07, 6.45) is 4.89. The molecule has 1 fully saturated rings. The number of primary sulfonamides is 1. The Labute approximate surface area is 74.4 Å². The van der Waals surface area contributed by atoms with Gasteiger partial charge in [0.25, 0.3) is 0 Å². The van der Waals surface area contributed by atoms with Crippen LogP contribution in [0.3, 0.4) is 0 Å². The molecule has 72 valence electrons. The lowest BCUT2D eigenvalue weighted by Crippen LogP contribution is -2.37. The molecule has 0 heterocycles. The Morgan fingerprint density at radius 1 is 1.33 bits per heavy atom. The number of sulfonamides is 1. The minimum atomic E-state index is -3.29. The summed E-state index contributed by atoms with van der Waals surface area (Å²) in [6, 6.07) is 0. The van der Waals surface area contributed by atoms with E-state index >= 15 is 0 Å². The maximum absolute atomic E-state index is 11.1. The lowest BCUT2D eigenvalue weighted by Gasteiger charge is -2.28. The summed E-state index contributed by atoms with van der Waals surface area (Å²) >= 11 is 0. The van der Waals surface area contributed by atoms with Crippen molar-refractivity contribution in [2.45, 2.75) is 44.3 Å². The van der Waals surface area contributed by atoms with Crippen LogP contribution in [0, 0.1) is 5.92 Å². The van der Waals surface area contributed by atoms with Crippen molar-refractivity contribution in [3.8, 4) is 0 Å². The highest BCUT2D eigenvalue weighted by atomic mass is 32.2. The molecular weight excluding hydrogens is 174 g/mol. The van der Waals surface area contributed by atoms with Gasteiger partial charge < -0.3 is 0 Å². The second-order valence-electron chi connectivity index (χ2n) is 3.58. The molecule has 1 aliphatic carbocycles. The van der Waals surface area contributed by atoms with Crippen molar-refractivity contribution in [2.75, 3.05) is 0 Å². The predicted octanol–water partition coefficient (Wildman–Crippen LogP) is 1.24. The molecule has 12 heavy (non-hydrogen) atoms. The molecular formula is C8H17NO2S. The normalized spacial score (nSPS) is 31.8. The van der Waals surface area contributed by atoms with E-state index in [0.717, 1.165) is 32.1 Å². The fraction of sp³-hybridized carbons (Fsp3) is 1.00. The second kappa shape index (κ2) is 3.75. The van der Waals surface area contributed by atoms with E-state index in [2.05, 4.69) is 0 Å². The maximum Gasteiger partial charge on any atom is 0.212 e. The van der Waals surface area contributed by atoms with E-state index in [9.17, 15) is 8.42 Å². The Bertz CT molecular complexity index is 235. The van der Waals surface area contributed by atoms with Gasteiger partial charge in [-0.05, 0) is 18.8 Å². The van der Waals surface area contributed by atoms with Crippen molar-refractivity contribution in [3.05, 3.63) is 0 Å². The van der Waals surface area contributed by atoms with Crippen LogP contribution in [0.2, 0.25) is 0 Å². The largest absolute Gasteiger partial charge is 0.228 e. The summed E-state index contributed by atoms with van der Waals surface area (Å²) < 4.78 is 22.3. The van der Waals surface area contributed by atoms with Gasteiger partial charge in [0.1, 0.15) is 0 Å². The van der Waals surface area contributed by atoms with Crippen molar-refractivity contribution in [2.24, 2.45) is 11.1 Å². The van der Waals surface area contributed by atoms with Gasteiger partial charge in [-0.3, -0.25) is 0 Å². The first-order valence-corrected chi connectivity index (χ1v) is 6.18. The molecule has 0 aromatic heterocycles. The SMILES string of the molecule is CCC1CCCCC1S(N)(=O)=O. The van der Waals surface area contributed by atoms with Crippen LogP contribution in [0.25, 0.3) is 0 Å². The van der Waals surface area contributed by atoms with Crippen LogP contribution in [-0.4, -0.2) is 13.7 Å². The monoisotopic (exact) mass is 191 g/mol. The molecule has 0 saturated heterocycles. The molecule has 2 unspecified atom stereocenters. The summed E-state index contributed by atoms with van der Waals surface area (Å²) in [5.74, 6) is 0.300. The van der Waals surface area contributed by atoms with Crippen LogP contribution in [0.5, 0.6) is 0 Å². The summed E-state index contributed by atoms with van der Waals surface area (Å²) in [6.45, 7) is 2.04. The summed E-state index contributed by atoms with van der Waals surface area (Å²) in [5.41, 5.74) is 0. The van der Waals surface area contributed by atoms with Crippen LogP contribution in [0.1, 0.15) is 39.0 Å². The van der Waals surface area contributed by atoms with Gasteiger partial charge in [-0.25, -0.2) is 13.6 Å². The third-order valence-corrected chi connectivity index (χ3v) is 4.25. The van der Waals surface area contributed by atoms with E-state index < -0.39 is 10.0 Å². The average molecular weight is 191 g/mol. The number of nitrogens with two attached hydrogens (primary N) is 1. The molecule has 3 nitrogen and oxygen atoms in total. The summed E-state index contributed by atoms with van der Waals surface area (Å²) in [5, 5.41) is 4.88. The minimum absolute atomic E-state index is 0.267. The average Bonchev–Trinajstić information content (AvgIpc) is 2.03. The Morgan fingerprint density at radius 2 is 1.92 bits per heavy atom. The first-order valence-electron chi connectivity index (χ1n) is 4.57. The molecule has 0 aromatic rings. The van der Waals surface area contributed by atoms with Crippen molar-refractivity contribution in [3.63, 3.8) is 0 Å². The van der Waals surface area contributed by atoms with Gasteiger partial charge in [-0.1, -0.05) is 26.2 Å². The number of hydrogen-bond donors (Lipinski definition) is 1. The zero-order chi connectivity index (χ0) is 9.19. The van der Waals surface area contributed by atoms with E-state index in [1.807, 2.05) is 6.92 Å². The zero-order valence-corrected chi connectivity index (χ0v) is 8.31. The van der Waals surface area contributed by atoms with Crippen LogP contribution >= 0.6 is 0 Å². The molecule has 1 saturated carbocycles. The van der Waals surface area contributed by atoms with E-state index in [-0.39, 0.29) is 5.25 Å². The molecule has 1 rings (SSSR count). The molecule has 1 aliphatic rings. The molecule has 2 N–H and O–H groups in total. The van der Waals surface area contributed by atoms with Crippen molar-refractivity contribution in [1.82, 2.24) is 0 Å². The third kappa shape index (κ3) is 2.20. The van der Waals surface area contributed by atoms with Gasteiger partial charge in [-0.2, -0.15) is 0 Å². The first-order chi connectivity index (χ1) is 5.55. The lowest BCUT2D eigenvalue weighted by atomic mass is 9.87. The highest BCUT2D eigenvalue weighted by Crippen LogP contribution is 2.30. The third-order valence-electron chi connectivity index (χ3n) is 2.79. The van der Waals surface area contributed by atoms with Crippen molar-refractivity contribution < 1.29 is 8.42 Å². The highest BCUT2D eigenvalue weighted by molar-refractivity contribution is 7.89. The second-order valence-corrected chi connectivity index (χ2v) is 5.36. The lowest BCUT2D eigenvalue weighted by molar-refractivity contribution is 0.348. The van der Waals surface area contributed by atoms with Gasteiger partial charge in [0.2, 0.25) is 10.0 Å². The topological polar surface area (TPSA) is 60.2 Å². The summed E-state index contributed by atoms with van der Waals surface area (Å²) in [7, 11) is -3.29. The Morgan fingerprint density at radius 3 is 2.33 bits per heavy atom. The van der Waals surface area contributed by atoms with Gasteiger partial charge in [0.05, 0.1) is 5.25 Å². The van der Waals surface area contributed by atoms with Crippen molar-refractivity contribution >= 4 is 10.0 Å². The van der Waals surface area contributed by atoms with Gasteiger partial charge >= 0.3 is 0 Å². The standard InChI is InChI=1S/C8H17NO2S/c1-2-7-5-3-4-6-8(7)12(9,10)11/h7-8H,2-6H2,1H3,(H2,9,10,11). The number of rotatable bonds is 2. The zero-order valence-electron chi connectivity index (χ0n) is 7.49. The molecule has 4 heteroatoms. The van der Waals surface area contributed by atoms with E-state index in [1.54, 1.807) is 0 Å². The Kier molecular flexibility index (Phi) is 3.12. The van der Waals surface area contributed by atoms with Crippen molar-refractivity contribution in [1.29, 1.82) is 0 Å². The van der Waals surface area contributed by atoms with Gasteiger partial charge in [0, 0.05) is 0 Å². The maximum atomic E-state index is 11.1. The van der Waals surface area contributed by atoms with E-state index in [1.165, 1.54) is 0 Å². The Hall–Kier alpha value is -0.0900. The van der Waals surface area contributed by atoms with Crippen LogP contribution in [0.4, 0.5) is 0 Å².